The zero-order valence-corrected chi connectivity index (χ0v) is 18.1. The lowest BCUT2D eigenvalue weighted by Crippen LogP contribution is -2.32. The Morgan fingerprint density at radius 3 is 2.47 bits per heavy atom. The van der Waals surface area contributed by atoms with E-state index in [2.05, 4.69) is 15.5 Å². The molecule has 0 spiro atoms. The van der Waals surface area contributed by atoms with Gasteiger partial charge in [0.2, 0.25) is 21.7 Å². The van der Waals surface area contributed by atoms with E-state index in [1.54, 1.807) is 56.3 Å². The van der Waals surface area contributed by atoms with Crippen molar-refractivity contribution in [3.63, 3.8) is 0 Å². The standard InChI is InChI=1S/C20H21ClN4O4S/c1-3-25(30(27,28)4-2)15-11-9-14(10-12-15)20(26)22-13-18-23-19(24-29-18)16-7-5-6-8-17(16)21/h5-12H,3-4,13H2,1-2H3,(H,22,26). The normalized spacial score (nSPS) is 11.3. The number of carbonyl (C=O) groups excluding carboxylic acids is 1. The fraction of sp³-hybridized carbons (Fsp3) is 0.250. The number of halogens is 1. The van der Waals surface area contributed by atoms with Crippen LogP contribution in [0.3, 0.4) is 0 Å². The van der Waals surface area contributed by atoms with Crippen molar-refractivity contribution in [2.75, 3.05) is 16.6 Å². The lowest BCUT2D eigenvalue weighted by molar-refractivity contribution is 0.0946. The van der Waals surface area contributed by atoms with Gasteiger partial charge >= 0.3 is 0 Å². The maximum Gasteiger partial charge on any atom is 0.251 e. The first kappa shape index (κ1) is 21.8. The molecule has 0 aliphatic rings. The molecule has 0 atom stereocenters. The highest BCUT2D eigenvalue weighted by Gasteiger charge is 2.19. The molecule has 0 aliphatic carbocycles. The lowest BCUT2D eigenvalue weighted by Gasteiger charge is -2.22. The Morgan fingerprint density at radius 2 is 1.83 bits per heavy atom. The van der Waals surface area contributed by atoms with Gasteiger partial charge in [-0.1, -0.05) is 28.9 Å². The van der Waals surface area contributed by atoms with Crippen molar-refractivity contribution in [1.29, 1.82) is 0 Å². The molecule has 8 nitrogen and oxygen atoms in total. The van der Waals surface area contributed by atoms with Crippen LogP contribution in [0.5, 0.6) is 0 Å². The van der Waals surface area contributed by atoms with Crippen LogP contribution in [0, 0.1) is 0 Å². The Labute approximate surface area is 179 Å². The molecule has 10 heteroatoms. The van der Waals surface area contributed by atoms with Gasteiger partial charge in [-0.3, -0.25) is 9.10 Å². The van der Waals surface area contributed by atoms with Crippen LogP contribution < -0.4 is 9.62 Å². The van der Waals surface area contributed by atoms with Crippen LogP contribution in [-0.2, 0) is 16.6 Å². The Hall–Kier alpha value is -2.91. The Kier molecular flexibility index (Phi) is 6.73. The molecule has 1 N–H and O–H groups in total. The largest absolute Gasteiger partial charge is 0.343 e. The summed E-state index contributed by atoms with van der Waals surface area (Å²) in [6.07, 6.45) is 0. The lowest BCUT2D eigenvalue weighted by atomic mass is 10.2. The van der Waals surface area contributed by atoms with Crippen molar-refractivity contribution in [2.45, 2.75) is 20.4 Å². The highest BCUT2D eigenvalue weighted by Crippen LogP contribution is 2.25. The summed E-state index contributed by atoms with van der Waals surface area (Å²) in [5, 5.41) is 7.08. The average Bonchev–Trinajstić information content (AvgIpc) is 3.22. The first-order chi connectivity index (χ1) is 14.4. The van der Waals surface area contributed by atoms with E-state index in [0.29, 0.717) is 34.2 Å². The fourth-order valence-electron chi connectivity index (χ4n) is 2.81. The van der Waals surface area contributed by atoms with Gasteiger partial charge in [0.15, 0.2) is 0 Å². The minimum absolute atomic E-state index is 0.00341. The van der Waals surface area contributed by atoms with Crippen LogP contribution in [-0.4, -0.2) is 36.8 Å². The molecule has 0 saturated heterocycles. The molecule has 0 aliphatic heterocycles. The van der Waals surface area contributed by atoms with Gasteiger partial charge < -0.3 is 9.84 Å². The zero-order valence-electron chi connectivity index (χ0n) is 16.5. The summed E-state index contributed by atoms with van der Waals surface area (Å²) in [4.78, 5) is 16.6. The number of aromatic nitrogens is 2. The van der Waals surface area contributed by atoms with Crippen LogP contribution in [0.15, 0.2) is 53.1 Å². The van der Waals surface area contributed by atoms with E-state index in [9.17, 15) is 13.2 Å². The third-order valence-corrected chi connectivity index (χ3v) is 6.59. The predicted molar refractivity (Wildman–Crippen MR) is 115 cm³/mol. The molecule has 1 amide bonds. The first-order valence-corrected chi connectivity index (χ1v) is 11.3. The number of hydrogen-bond donors (Lipinski definition) is 1. The molecule has 3 rings (SSSR count). The van der Waals surface area contributed by atoms with E-state index in [1.165, 1.54) is 4.31 Å². The highest BCUT2D eigenvalue weighted by atomic mass is 35.5. The van der Waals surface area contributed by atoms with Gasteiger partial charge in [0.1, 0.15) is 0 Å². The van der Waals surface area contributed by atoms with Gasteiger partial charge in [-0.25, -0.2) is 8.42 Å². The summed E-state index contributed by atoms with van der Waals surface area (Å²) in [5.41, 5.74) is 1.53. The molecule has 3 aromatic rings. The third-order valence-electron chi connectivity index (χ3n) is 4.39. The second-order valence-electron chi connectivity index (χ2n) is 6.29. The topological polar surface area (TPSA) is 105 Å². The summed E-state index contributed by atoms with van der Waals surface area (Å²) in [5.74, 6) is 0.233. The molecular formula is C20H21ClN4O4S. The first-order valence-electron chi connectivity index (χ1n) is 9.32. The maximum absolute atomic E-state index is 12.4. The van der Waals surface area contributed by atoms with E-state index in [-0.39, 0.29) is 24.1 Å². The third kappa shape index (κ3) is 4.80. The second kappa shape index (κ2) is 9.27. The molecule has 0 unspecified atom stereocenters. The van der Waals surface area contributed by atoms with Gasteiger partial charge in [-0.15, -0.1) is 0 Å². The number of benzene rings is 2. The number of rotatable bonds is 8. The van der Waals surface area contributed by atoms with Crippen LogP contribution in [0.2, 0.25) is 5.02 Å². The number of sulfonamides is 1. The molecule has 0 saturated carbocycles. The minimum Gasteiger partial charge on any atom is -0.343 e. The van der Waals surface area contributed by atoms with Gasteiger partial charge in [0, 0.05) is 17.7 Å². The van der Waals surface area contributed by atoms with Crippen molar-refractivity contribution >= 4 is 33.2 Å². The maximum atomic E-state index is 12.4. The number of hydrogen-bond acceptors (Lipinski definition) is 6. The van der Waals surface area contributed by atoms with Gasteiger partial charge in [-0.2, -0.15) is 4.98 Å². The van der Waals surface area contributed by atoms with Crippen molar-refractivity contribution in [1.82, 2.24) is 15.5 Å². The van der Waals surface area contributed by atoms with Crippen LogP contribution in [0.25, 0.3) is 11.4 Å². The smallest absolute Gasteiger partial charge is 0.251 e. The quantitative estimate of drug-likeness (QED) is 0.565. The van der Waals surface area contributed by atoms with E-state index in [4.69, 9.17) is 16.1 Å². The van der Waals surface area contributed by atoms with Crippen LogP contribution >= 0.6 is 11.6 Å². The van der Waals surface area contributed by atoms with E-state index in [0.717, 1.165) is 0 Å². The van der Waals surface area contributed by atoms with Crippen molar-refractivity contribution < 1.29 is 17.7 Å². The Bertz CT molecular complexity index is 1130. The van der Waals surface area contributed by atoms with Gasteiger partial charge in [-0.05, 0) is 50.2 Å². The molecule has 2 aromatic carbocycles. The zero-order chi connectivity index (χ0) is 21.7. The van der Waals surface area contributed by atoms with Crippen molar-refractivity contribution in [3.8, 4) is 11.4 Å². The molecular weight excluding hydrogens is 428 g/mol. The van der Waals surface area contributed by atoms with E-state index in [1.807, 2.05) is 6.07 Å². The number of nitrogens with zero attached hydrogens (tertiary/aromatic N) is 3. The Balaban J connectivity index is 1.65. The molecule has 30 heavy (non-hydrogen) atoms. The molecule has 0 radical (unpaired) electrons. The monoisotopic (exact) mass is 448 g/mol. The highest BCUT2D eigenvalue weighted by molar-refractivity contribution is 7.92. The van der Waals surface area contributed by atoms with Crippen LogP contribution in [0.1, 0.15) is 30.1 Å². The molecule has 0 bridgehead atoms. The summed E-state index contributed by atoms with van der Waals surface area (Å²) in [6.45, 7) is 3.71. The number of anilines is 1. The molecule has 158 valence electrons. The van der Waals surface area contributed by atoms with Gasteiger partial charge in [0.05, 0.1) is 23.0 Å². The summed E-state index contributed by atoms with van der Waals surface area (Å²) >= 11 is 6.13. The summed E-state index contributed by atoms with van der Waals surface area (Å²) in [7, 11) is -3.37. The predicted octanol–water partition coefficient (Wildman–Crippen LogP) is 3.50. The molecule has 1 aromatic heterocycles. The average molecular weight is 449 g/mol. The fourth-order valence-corrected chi connectivity index (χ4v) is 4.18. The minimum atomic E-state index is -3.37. The van der Waals surface area contributed by atoms with Crippen molar-refractivity contribution in [3.05, 3.63) is 65.0 Å². The SMILES string of the molecule is CCN(c1ccc(C(=O)NCc2nc(-c3ccccc3Cl)no2)cc1)S(=O)(=O)CC. The van der Waals surface area contributed by atoms with Crippen LogP contribution in [0.4, 0.5) is 5.69 Å². The Morgan fingerprint density at radius 1 is 1.13 bits per heavy atom. The van der Waals surface area contributed by atoms with Crippen molar-refractivity contribution in [2.24, 2.45) is 0 Å². The summed E-state index contributed by atoms with van der Waals surface area (Å²) < 4.78 is 30.8. The summed E-state index contributed by atoms with van der Waals surface area (Å²) in [6, 6.07) is 13.5. The number of amides is 1. The van der Waals surface area contributed by atoms with Gasteiger partial charge in [0.25, 0.3) is 5.91 Å². The number of carbonyl (C=O) groups is 1. The molecule has 1 heterocycles. The van der Waals surface area contributed by atoms with E-state index < -0.39 is 10.0 Å². The second-order valence-corrected chi connectivity index (χ2v) is 8.88. The molecule has 0 fully saturated rings. The number of nitrogens with one attached hydrogen (secondary N) is 1. The van der Waals surface area contributed by atoms with E-state index >= 15 is 0 Å².